The normalized spacial score (nSPS) is 14.5. The van der Waals surface area contributed by atoms with Gasteiger partial charge in [-0.15, -0.1) is 0 Å². The summed E-state index contributed by atoms with van der Waals surface area (Å²) in [6.07, 6.45) is -3.48. The van der Waals surface area contributed by atoms with Crippen LogP contribution < -0.4 is 4.90 Å². The van der Waals surface area contributed by atoms with Crippen molar-refractivity contribution in [3.8, 4) is 0 Å². The van der Waals surface area contributed by atoms with Crippen molar-refractivity contribution in [1.82, 2.24) is 4.90 Å². The highest BCUT2D eigenvalue weighted by atomic mass is 79.9. The topological polar surface area (TPSA) is 40.6 Å². The second-order valence-corrected chi connectivity index (χ2v) is 7.11. The monoisotopic (exact) mass is 440 g/mol. The second-order valence-electron chi connectivity index (χ2n) is 6.19. The van der Waals surface area contributed by atoms with Gasteiger partial charge in [-0.05, 0) is 42.8 Å². The number of carbonyl (C=O) groups is 2. The van der Waals surface area contributed by atoms with Crippen molar-refractivity contribution in [2.45, 2.75) is 19.0 Å². The molecule has 4 nitrogen and oxygen atoms in total. The Morgan fingerprint density at radius 3 is 2.52 bits per heavy atom. The van der Waals surface area contributed by atoms with E-state index < -0.39 is 17.6 Å². The van der Waals surface area contributed by atoms with E-state index in [4.69, 9.17) is 0 Å². The fraction of sp³-hybridized carbons (Fsp3) is 0.263. The fourth-order valence-corrected chi connectivity index (χ4v) is 3.31. The van der Waals surface area contributed by atoms with Gasteiger partial charge in [0.05, 0.1) is 5.56 Å². The van der Waals surface area contributed by atoms with Crippen molar-refractivity contribution in [2.75, 3.05) is 18.1 Å². The Labute approximate surface area is 162 Å². The molecule has 0 N–H and O–H groups in total. The number of likely N-dealkylation sites (tertiary alicyclic amines) is 1. The Kier molecular flexibility index (Phi) is 5.55. The summed E-state index contributed by atoms with van der Waals surface area (Å²) < 4.78 is 40.0. The van der Waals surface area contributed by atoms with E-state index in [-0.39, 0.29) is 18.3 Å². The molecule has 1 fully saturated rings. The molecule has 1 heterocycles. The molecule has 0 atom stereocenters. The average molecular weight is 441 g/mol. The van der Waals surface area contributed by atoms with E-state index in [0.29, 0.717) is 29.4 Å². The van der Waals surface area contributed by atoms with E-state index in [0.717, 1.165) is 12.1 Å². The van der Waals surface area contributed by atoms with Crippen LogP contribution in [0.4, 0.5) is 18.9 Å². The summed E-state index contributed by atoms with van der Waals surface area (Å²) in [5.74, 6) is -0.593. The predicted molar refractivity (Wildman–Crippen MR) is 98.2 cm³/mol. The van der Waals surface area contributed by atoms with E-state index in [1.54, 1.807) is 24.3 Å². The van der Waals surface area contributed by atoms with Crippen LogP contribution in [0.5, 0.6) is 0 Å². The summed E-state index contributed by atoms with van der Waals surface area (Å²) in [5.41, 5.74) is -0.442. The molecule has 2 aromatic carbocycles. The summed E-state index contributed by atoms with van der Waals surface area (Å²) in [6, 6.07) is 11.2. The molecule has 0 unspecified atom stereocenters. The zero-order chi connectivity index (χ0) is 19.6. The van der Waals surface area contributed by atoms with Gasteiger partial charge in [0.2, 0.25) is 5.91 Å². The van der Waals surface area contributed by atoms with Crippen molar-refractivity contribution >= 4 is 33.4 Å². The lowest BCUT2D eigenvalue weighted by atomic mass is 10.1. The Balaban J connectivity index is 1.99. The molecule has 1 saturated heterocycles. The quantitative estimate of drug-likeness (QED) is 0.691. The number of amides is 2. The lowest BCUT2D eigenvalue weighted by molar-refractivity contribution is -0.137. The molecule has 0 saturated carbocycles. The minimum Gasteiger partial charge on any atom is -0.324 e. The summed E-state index contributed by atoms with van der Waals surface area (Å²) in [4.78, 5) is 27.7. The lowest BCUT2D eigenvalue weighted by Crippen LogP contribution is -2.42. The van der Waals surface area contributed by atoms with E-state index in [1.165, 1.54) is 21.9 Å². The number of nitrogens with zero attached hydrogens (tertiary/aromatic N) is 2. The number of rotatable bonds is 4. The molecule has 0 aromatic heterocycles. The van der Waals surface area contributed by atoms with Gasteiger partial charge in [-0.25, -0.2) is 0 Å². The smallest absolute Gasteiger partial charge is 0.324 e. The van der Waals surface area contributed by atoms with Crippen LogP contribution in [0.2, 0.25) is 0 Å². The predicted octanol–water partition coefficient (Wildman–Crippen LogP) is 4.69. The molecule has 0 radical (unpaired) electrons. The SMILES string of the molecule is O=C1CCCN1CN(C(=O)c1cccc(Br)c1)c1cccc(C(F)(F)F)c1. The van der Waals surface area contributed by atoms with Crippen molar-refractivity contribution in [2.24, 2.45) is 0 Å². The number of anilines is 1. The fourth-order valence-electron chi connectivity index (χ4n) is 2.91. The van der Waals surface area contributed by atoms with E-state index in [1.807, 2.05) is 0 Å². The highest BCUT2D eigenvalue weighted by molar-refractivity contribution is 9.10. The summed E-state index contributed by atoms with van der Waals surface area (Å²) in [7, 11) is 0. The molecule has 2 aromatic rings. The first-order valence-electron chi connectivity index (χ1n) is 8.28. The van der Waals surface area contributed by atoms with Gasteiger partial charge < -0.3 is 4.90 Å². The highest BCUT2D eigenvalue weighted by Crippen LogP contribution is 2.32. The zero-order valence-electron chi connectivity index (χ0n) is 14.2. The summed E-state index contributed by atoms with van der Waals surface area (Å²) in [5, 5.41) is 0. The van der Waals surface area contributed by atoms with Crippen LogP contribution in [0.25, 0.3) is 0 Å². The third-order valence-corrected chi connectivity index (χ3v) is 4.78. The molecule has 8 heteroatoms. The minimum atomic E-state index is -4.52. The number of hydrogen-bond donors (Lipinski definition) is 0. The molecule has 3 rings (SSSR count). The zero-order valence-corrected chi connectivity index (χ0v) is 15.8. The molecule has 1 aliphatic rings. The number of carbonyl (C=O) groups excluding carboxylic acids is 2. The van der Waals surface area contributed by atoms with E-state index in [9.17, 15) is 22.8 Å². The van der Waals surface area contributed by atoms with Crippen LogP contribution in [0, 0.1) is 0 Å². The van der Waals surface area contributed by atoms with Gasteiger partial charge in [-0.1, -0.05) is 28.1 Å². The number of benzene rings is 2. The third kappa shape index (κ3) is 4.50. The number of hydrogen-bond acceptors (Lipinski definition) is 2. The van der Waals surface area contributed by atoms with Gasteiger partial charge >= 0.3 is 6.18 Å². The molecule has 142 valence electrons. The summed E-state index contributed by atoms with van der Waals surface area (Å²) >= 11 is 3.29. The Morgan fingerprint density at radius 2 is 1.89 bits per heavy atom. The van der Waals surface area contributed by atoms with Crippen LogP contribution in [-0.2, 0) is 11.0 Å². The number of halogens is 4. The summed E-state index contributed by atoms with van der Waals surface area (Å²) in [6.45, 7) is 0.381. The first-order valence-corrected chi connectivity index (χ1v) is 9.07. The van der Waals surface area contributed by atoms with Crippen LogP contribution in [0.15, 0.2) is 53.0 Å². The van der Waals surface area contributed by atoms with Crippen molar-refractivity contribution in [3.05, 3.63) is 64.1 Å². The van der Waals surface area contributed by atoms with Crippen LogP contribution in [0.3, 0.4) is 0 Å². The highest BCUT2D eigenvalue weighted by Gasteiger charge is 2.32. The standard InChI is InChI=1S/C19H16BrF3N2O2/c20-15-6-1-4-13(10-15)18(27)25(12-24-9-3-8-17(24)26)16-7-2-5-14(11-16)19(21,22)23/h1-2,4-7,10-11H,3,8-9,12H2. The van der Waals surface area contributed by atoms with Gasteiger partial charge in [0.25, 0.3) is 5.91 Å². The van der Waals surface area contributed by atoms with Gasteiger partial charge in [0.1, 0.15) is 6.67 Å². The average Bonchev–Trinajstić information content (AvgIpc) is 3.03. The molecular weight excluding hydrogens is 425 g/mol. The van der Waals surface area contributed by atoms with Gasteiger partial charge in [-0.2, -0.15) is 13.2 Å². The lowest BCUT2D eigenvalue weighted by Gasteiger charge is -2.28. The molecule has 0 bridgehead atoms. The third-order valence-electron chi connectivity index (χ3n) is 4.29. The molecule has 1 aliphatic heterocycles. The van der Waals surface area contributed by atoms with Crippen LogP contribution in [0.1, 0.15) is 28.8 Å². The van der Waals surface area contributed by atoms with Crippen molar-refractivity contribution in [3.63, 3.8) is 0 Å². The maximum Gasteiger partial charge on any atom is 0.416 e. The van der Waals surface area contributed by atoms with Crippen LogP contribution >= 0.6 is 15.9 Å². The van der Waals surface area contributed by atoms with Crippen LogP contribution in [-0.4, -0.2) is 29.9 Å². The Morgan fingerprint density at radius 1 is 1.15 bits per heavy atom. The van der Waals surface area contributed by atoms with E-state index in [2.05, 4.69) is 15.9 Å². The Hall–Kier alpha value is -2.35. The first-order chi connectivity index (χ1) is 12.8. The largest absolute Gasteiger partial charge is 0.416 e. The maximum absolute atomic E-state index is 13.1. The van der Waals surface area contributed by atoms with E-state index >= 15 is 0 Å². The van der Waals surface area contributed by atoms with Crippen molar-refractivity contribution < 1.29 is 22.8 Å². The molecule has 2 amide bonds. The molecule has 0 spiro atoms. The van der Waals surface area contributed by atoms with Crippen molar-refractivity contribution in [1.29, 1.82) is 0 Å². The first kappa shape index (κ1) is 19.4. The number of alkyl halides is 3. The second kappa shape index (κ2) is 7.72. The minimum absolute atomic E-state index is 0.0918. The molecule has 27 heavy (non-hydrogen) atoms. The Bertz CT molecular complexity index is 870. The van der Waals surface area contributed by atoms with Gasteiger partial charge in [-0.3, -0.25) is 14.5 Å². The molecule has 0 aliphatic carbocycles. The molecular formula is C19H16BrF3N2O2. The van der Waals surface area contributed by atoms with Gasteiger partial charge in [0, 0.05) is 28.7 Å². The maximum atomic E-state index is 13.1. The van der Waals surface area contributed by atoms with Gasteiger partial charge in [0.15, 0.2) is 0 Å².